The summed E-state index contributed by atoms with van der Waals surface area (Å²) in [5.74, 6) is 0.747. The van der Waals surface area contributed by atoms with Gasteiger partial charge in [0.1, 0.15) is 5.84 Å². The van der Waals surface area contributed by atoms with Crippen molar-refractivity contribution < 1.29 is 9.57 Å². The Bertz CT molecular complexity index is 113. The van der Waals surface area contributed by atoms with Crippen LogP contribution in [0.5, 0.6) is 0 Å². The SMILES string of the molecule is COC1N=C(C)NO1. The number of nitrogens with one attached hydrogen (secondary N) is 1. The summed E-state index contributed by atoms with van der Waals surface area (Å²) in [4.78, 5) is 8.61. The third kappa shape index (κ3) is 0.962. The lowest BCUT2D eigenvalue weighted by Crippen LogP contribution is -2.16. The largest absolute Gasteiger partial charge is 0.336 e. The molecule has 0 spiro atoms. The van der Waals surface area contributed by atoms with Crippen LogP contribution in [0.15, 0.2) is 4.99 Å². The average molecular weight is 116 g/mol. The minimum atomic E-state index is -0.449. The molecule has 0 aromatic heterocycles. The first-order valence-electron chi connectivity index (χ1n) is 2.32. The zero-order valence-electron chi connectivity index (χ0n) is 4.84. The number of amidine groups is 1. The molecule has 0 saturated carbocycles. The van der Waals surface area contributed by atoms with Gasteiger partial charge < -0.3 is 4.74 Å². The van der Waals surface area contributed by atoms with Crippen LogP contribution < -0.4 is 5.48 Å². The van der Waals surface area contributed by atoms with Gasteiger partial charge in [0.05, 0.1) is 0 Å². The van der Waals surface area contributed by atoms with Crippen molar-refractivity contribution in [3.63, 3.8) is 0 Å². The smallest absolute Gasteiger partial charge is 0.282 e. The highest BCUT2D eigenvalue weighted by atomic mass is 16.8. The van der Waals surface area contributed by atoms with Gasteiger partial charge in [-0.1, -0.05) is 0 Å². The molecule has 8 heavy (non-hydrogen) atoms. The second-order valence-electron chi connectivity index (χ2n) is 1.48. The van der Waals surface area contributed by atoms with Crippen molar-refractivity contribution in [2.45, 2.75) is 13.3 Å². The van der Waals surface area contributed by atoms with E-state index in [1.807, 2.05) is 0 Å². The van der Waals surface area contributed by atoms with E-state index in [1.54, 1.807) is 6.92 Å². The second kappa shape index (κ2) is 2.11. The Balaban J connectivity index is 2.41. The molecule has 0 radical (unpaired) electrons. The van der Waals surface area contributed by atoms with Crippen LogP contribution in [0.1, 0.15) is 6.92 Å². The summed E-state index contributed by atoms with van der Waals surface area (Å²) in [6, 6.07) is 0. The summed E-state index contributed by atoms with van der Waals surface area (Å²) in [6.07, 6.45) is -0.449. The van der Waals surface area contributed by atoms with Crippen LogP contribution in [0.25, 0.3) is 0 Å². The Morgan fingerprint density at radius 1 is 1.88 bits per heavy atom. The van der Waals surface area contributed by atoms with Crippen molar-refractivity contribution in [2.24, 2.45) is 4.99 Å². The van der Waals surface area contributed by atoms with E-state index in [4.69, 9.17) is 9.57 Å². The van der Waals surface area contributed by atoms with Gasteiger partial charge in [-0.3, -0.25) is 0 Å². The van der Waals surface area contributed by atoms with E-state index in [0.717, 1.165) is 5.84 Å². The van der Waals surface area contributed by atoms with Crippen LogP contribution in [-0.4, -0.2) is 19.4 Å². The molecule has 1 atom stereocenters. The van der Waals surface area contributed by atoms with Gasteiger partial charge in [-0.05, 0) is 6.92 Å². The summed E-state index contributed by atoms with van der Waals surface area (Å²) in [5, 5.41) is 0. The lowest BCUT2D eigenvalue weighted by Gasteiger charge is -1.99. The number of nitrogens with zero attached hydrogens (tertiary/aromatic N) is 1. The lowest BCUT2D eigenvalue weighted by molar-refractivity contribution is -0.125. The first-order chi connectivity index (χ1) is 3.83. The number of hydrogen-bond donors (Lipinski definition) is 1. The molecule has 0 fully saturated rings. The number of methoxy groups -OCH3 is 1. The van der Waals surface area contributed by atoms with E-state index in [1.165, 1.54) is 7.11 Å². The average Bonchev–Trinajstić information content (AvgIpc) is 2.14. The molecule has 0 aromatic carbocycles. The van der Waals surface area contributed by atoms with E-state index < -0.39 is 6.41 Å². The number of hydrogen-bond acceptors (Lipinski definition) is 4. The number of ether oxygens (including phenoxy) is 1. The van der Waals surface area contributed by atoms with Crippen molar-refractivity contribution in [3.05, 3.63) is 0 Å². The minimum absolute atomic E-state index is 0.449. The normalized spacial score (nSPS) is 27.2. The molecule has 46 valence electrons. The molecular formula is C4H8N2O2. The number of aliphatic imine (C=N–C) groups is 1. The number of hydroxylamine groups is 1. The Hall–Kier alpha value is -0.610. The monoisotopic (exact) mass is 116 g/mol. The topological polar surface area (TPSA) is 42.8 Å². The Morgan fingerprint density at radius 3 is 2.88 bits per heavy atom. The van der Waals surface area contributed by atoms with Gasteiger partial charge in [0.15, 0.2) is 0 Å². The Morgan fingerprint density at radius 2 is 2.62 bits per heavy atom. The molecule has 0 amide bonds. The molecule has 1 rings (SSSR count). The quantitative estimate of drug-likeness (QED) is 0.519. The molecule has 1 aliphatic rings. The predicted molar refractivity (Wildman–Crippen MR) is 28.1 cm³/mol. The van der Waals surface area contributed by atoms with Gasteiger partial charge in [0.2, 0.25) is 0 Å². The predicted octanol–water partition coefficient (Wildman–Crippen LogP) is -0.130. The Labute approximate surface area is 47.5 Å². The van der Waals surface area contributed by atoms with Crippen LogP contribution in [0, 0.1) is 0 Å². The first-order valence-corrected chi connectivity index (χ1v) is 2.32. The third-order valence-electron chi connectivity index (χ3n) is 0.808. The van der Waals surface area contributed by atoms with Gasteiger partial charge in [0.25, 0.3) is 6.41 Å². The summed E-state index contributed by atoms with van der Waals surface area (Å²) in [5.41, 5.74) is 2.55. The van der Waals surface area contributed by atoms with Gasteiger partial charge in [-0.2, -0.15) is 0 Å². The van der Waals surface area contributed by atoms with E-state index in [2.05, 4.69) is 10.5 Å². The first kappa shape index (κ1) is 5.53. The fourth-order valence-corrected chi connectivity index (χ4v) is 0.447. The zero-order valence-corrected chi connectivity index (χ0v) is 4.84. The van der Waals surface area contributed by atoms with Crippen molar-refractivity contribution >= 4 is 5.84 Å². The van der Waals surface area contributed by atoms with Crippen LogP contribution in [0.2, 0.25) is 0 Å². The van der Waals surface area contributed by atoms with E-state index in [9.17, 15) is 0 Å². The van der Waals surface area contributed by atoms with Crippen molar-refractivity contribution in [1.82, 2.24) is 5.48 Å². The Kier molecular flexibility index (Phi) is 1.45. The summed E-state index contributed by atoms with van der Waals surface area (Å²) in [7, 11) is 1.54. The van der Waals surface area contributed by atoms with Gasteiger partial charge in [-0.25, -0.2) is 15.3 Å². The molecule has 0 aromatic rings. The lowest BCUT2D eigenvalue weighted by atomic mass is 10.7. The van der Waals surface area contributed by atoms with Crippen molar-refractivity contribution in [1.29, 1.82) is 0 Å². The molecule has 0 aliphatic carbocycles. The fourth-order valence-electron chi connectivity index (χ4n) is 0.447. The maximum absolute atomic E-state index is 4.74. The minimum Gasteiger partial charge on any atom is -0.336 e. The maximum atomic E-state index is 4.74. The maximum Gasteiger partial charge on any atom is 0.282 e. The van der Waals surface area contributed by atoms with E-state index >= 15 is 0 Å². The molecule has 0 saturated heterocycles. The summed E-state index contributed by atoms with van der Waals surface area (Å²) < 4.78 is 4.71. The van der Waals surface area contributed by atoms with Gasteiger partial charge >= 0.3 is 0 Å². The molecular weight excluding hydrogens is 108 g/mol. The number of rotatable bonds is 1. The van der Waals surface area contributed by atoms with Crippen LogP contribution in [0.3, 0.4) is 0 Å². The fraction of sp³-hybridized carbons (Fsp3) is 0.750. The highest BCUT2D eigenvalue weighted by Gasteiger charge is 2.11. The van der Waals surface area contributed by atoms with E-state index in [0.29, 0.717) is 0 Å². The second-order valence-corrected chi connectivity index (χ2v) is 1.48. The van der Waals surface area contributed by atoms with Crippen molar-refractivity contribution in [2.75, 3.05) is 7.11 Å². The van der Waals surface area contributed by atoms with Crippen LogP contribution in [0.4, 0.5) is 0 Å². The van der Waals surface area contributed by atoms with Crippen LogP contribution in [-0.2, 0) is 9.57 Å². The van der Waals surface area contributed by atoms with Crippen molar-refractivity contribution in [3.8, 4) is 0 Å². The molecule has 4 heteroatoms. The zero-order chi connectivity index (χ0) is 5.98. The molecule has 1 N–H and O–H groups in total. The van der Waals surface area contributed by atoms with Crippen LogP contribution >= 0.6 is 0 Å². The third-order valence-corrected chi connectivity index (χ3v) is 0.808. The van der Waals surface area contributed by atoms with Gasteiger partial charge in [-0.15, -0.1) is 0 Å². The highest BCUT2D eigenvalue weighted by Crippen LogP contribution is 1.98. The summed E-state index contributed by atoms with van der Waals surface area (Å²) in [6.45, 7) is 1.80. The standard InChI is InChI=1S/C4H8N2O2/c1-3-5-4(7-2)8-6-3/h4H,1-2H3,(H,5,6). The molecule has 1 heterocycles. The van der Waals surface area contributed by atoms with Gasteiger partial charge in [0, 0.05) is 7.11 Å². The molecule has 0 bridgehead atoms. The van der Waals surface area contributed by atoms with E-state index in [-0.39, 0.29) is 0 Å². The molecule has 4 nitrogen and oxygen atoms in total. The summed E-state index contributed by atoms with van der Waals surface area (Å²) >= 11 is 0. The highest BCUT2D eigenvalue weighted by molar-refractivity contribution is 5.79. The molecule has 1 unspecified atom stereocenters. The molecule has 1 aliphatic heterocycles.